The maximum absolute atomic E-state index is 12.9. The van der Waals surface area contributed by atoms with Gasteiger partial charge >= 0.3 is 5.97 Å². The average molecular weight is 307 g/mol. The van der Waals surface area contributed by atoms with Gasteiger partial charge < -0.3 is 15.2 Å². The predicted octanol–water partition coefficient (Wildman–Crippen LogP) is 2.56. The van der Waals surface area contributed by atoms with E-state index < -0.39 is 5.60 Å². The lowest BCUT2D eigenvalue weighted by Gasteiger charge is -2.42. The molecule has 3 unspecified atom stereocenters. The first-order chi connectivity index (χ1) is 10.7. The number of nitrogens with one attached hydrogen (secondary N) is 1. The Morgan fingerprint density at radius 3 is 2.59 bits per heavy atom. The molecule has 1 saturated heterocycles. The van der Waals surface area contributed by atoms with Crippen LogP contribution in [0.25, 0.3) is 0 Å². The summed E-state index contributed by atoms with van der Waals surface area (Å²) in [5.41, 5.74) is -1.32. The molecule has 0 aromatic rings. The van der Waals surface area contributed by atoms with E-state index in [0.717, 1.165) is 57.9 Å². The van der Waals surface area contributed by atoms with Crippen molar-refractivity contribution in [3.63, 3.8) is 0 Å². The Bertz CT molecular complexity index is 411. The second-order valence-electron chi connectivity index (χ2n) is 7.15. The summed E-state index contributed by atoms with van der Waals surface area (Å²) in [4.78, 5) is 12.9. The number of allylic oxidation sites excluding steroid dienone is 1. The molecule has 2 aliphatic carbocycles. The molecule has 124 valence electrons. The number of carbonyl (C=O) groups is 1. The van der Waals surface area contributed by atoms with Gasteiger partial charge in [-0.25, -0.2) is 4.79 Å². The molecule has 3 aliphatic rings. The number of hydrogen-bond donors (Lipinski definition) is 2. The quantitative estimate of drug-likeness (QED) is 0.619. The van der Waals surface area contributed by atoms with Crippen LogP contribution in [0.4, 0.5) is 0 Å². The van der Waals surface area contributed by atoms with Crippen LogP contribution < -0.4 is 5.32 Å². The van der Waals surface area contributed by atoms with Crippen molar-refractivity contribution in [1.82, 2.24) is 5.32 Å². The molecule has 0 amide bonds. The summed E-state index contributed by atoms with van der Waals surface area (Å²) in [7, 11) is 0. The van der Waals surface area contributed by atoms with Crippen molar-refractivity contribution < 1.29 is 14.6 Å². The lowest BCUT2D eigenvalue weighted by atomic mass is 9.68. The Morgan fingerprint density at radius 2 is 1.95 bits per heavy atom. The highest BCUT2D eigenvalue weighted by atomic mass is 16.6. The largest absolute Gasteiger partial charge is 0.459 e. The number of ether oxygens (including phenoxy) is 1. The number of hydrogen-bond acceptors (Lipinski definition) is 4. The van der Waals surface area contributed by atoms with E-state index in [2.05, 4.69) is 17.5 Å². The van der Waals surface area contributed by atoms with Gasteiger partial charge in [-0.1, -0.05) is 31.4 Å². The van der Waals surface area contributed by atoms with Crippen molar-refractivity contribution in [3.05, 3.63) is 12.2 Å². The highest BCUT2D eigenvalue weighted by Crippen LogP contribution is 2.42. The number of aliphatic hydroxyl groups is 1. The molecule has 2 fully saturated rings. The third-order valence-corrected chi connectivity index (χ3v) is 5.66. The van der Waals surface area contributed by atoms with E-state index in [1.54, 1.807) is 0 Å². The lowest BCUT2D eigenvalue weighted by molar-refractivity contribution is -0.185. The standard InChI is InChI=1S/C18H29NO3/c20-17(22-16-11-12-19-13-16)18(21,14-7-3-1-4-8-14)15-9-5-2-6-10-15/h3,7,14-16,19,21H,1-2,4-6,8-13H2. The van der Waals surface area contributed by atoms with Gasteiger partial charge in [0.25, 0.3) is 0 Å². The van der Waals surface area contributed by atoms with Crippen molar-refractivity contribution in [3.8, 4) is 0 Å². The van der Waals surface area contributed by atoms with Crippen LogP contribution in [0.3, 0.4) is 0 Å². The molecule has 1 aliphatic heterocycles. The van der Waals surface area contributed by atoms with E-state index >= 15 is 0 Å². The molecular formula is C18H29NO3. The predicted molar refractivity (Wildman–Crippen MR) is 85.4 cm³/mol. The number of carbonyl (C=O) groups excluding carboxylic acids is 1. The van der Waals surface area contributed by atoms with E-state index in [4.69, 9.17) is 4.74 Å². The minimum Gasteiger partial charge on any atom is -0.459 e. The van der Waals surface area contributed by atoms with Gasteiger partial charge in [0.1, 0.15) is 6.10 Å². The van der Waals surface area contributed by atoms with Gasteiger partial charge in [-0.05, 0) is 51.0 Å². The smallest absolute Gasteiger partial charge is 0.339 e. The average Bonchev–Trinajstić information content (AvgIpc) is 3.08. The van der Waals surface area contributed by atoms with Gasteiger partial charge in [-0.3, -0.25) is 0 Å². The Hall–Kier alpha value is -0.870. The zero-order valence-electron chi connectivity index (χ0n) is 13.4. The van der Waals surface area contributed by atoms with E-state index in [1.165, 1.54) is 6.42 Å². The summed E-state index contributed by atoms with van der Waals surface area (Å²) < 4.78 is 5.70. The van der Waals surface area contributed by atoms with Crippen LogP contribution in [0.15, 0.2) is 12.2 Å². The van der Waals surface area contributed by atoms with Gasteiger partial charge in [-0.2, -0.15) is 0 Å². The molecule has 3 rings (SSSR count). The molecule has 0 bridgehead atoms. The lowest BCUT2D eigenvalue weighted by Crippen LogP contribution is -2.54. The van der Waals surface area contributed by atoms with Crippen molar-refractivity contribution in [2.75, 3.05) is 13.1 Å². The van der Waals surface area contributed by atoms with Gasteiger partial charge in [-0.15, -0.1) is 0 Å². The summed E-state index contributed by atoms with van der Waals surface area (Å²) in [5.74, 6) is -0.397. The fourth-order valence-corrected chi connectivity index (χ4v) is 4.32. The molecular weight excluding hydrogens is 278 g/mol. The summed E-state index contributed by atoms with van der Waals surface area (Å²) in [5, 5.41) is 14.7. The van der Waals surface area contributed by atoms with Crippen LogP contribution in [0.5, 0.6) is 0 Å². The van der Waals surface area contributed by atoms with Crippen LogP contribution in [-0.2, 0) is 9.53 Å². The first-order valence-corrected chi connectivity index (χ1v) is 9.02. The Labute approximate surface area is 133 Å². The van der Waals surface area contributed by atoms with E-state index in [1.807, 2.05) is 0 Å². The van der Waals surface area contributed by atoms with Gasteiger partial charge in [0.2, 0.25) is 0 Å². The highest BCUT2D eigenvalue weighted by Gasteiger charge is 2.51. The minimum absolute atomic E-state index is 0.0517. The third-order valence-electron chi connectivity index (χ3n) is 5.66. The fraction of sp³-hybridized carbons (Fsp3) is 0.833. The maximum Gasteiger partial charge on any atom is 0.339 e. The Morgan fingerprint density at radius 1 is 1.14 bits per heavy atom. The second-order valence-corrected chi connectivity index (χ2v) is 7.15. The van der Waals surface area contributed by atoms with Crippen LogP contribution in [-0.4, -0.2) is 35.9 Å². The van der Waals surface area contributed by atoms with Crippen molar-refractivity contribution in [1.29, 1.82) is 0 Å². The number of rotatable bonds is 4. The van der Waals surface area contributed by atoms with E-state index in [0.29, 0.717) is 6.54 Å². The molecule has 0 aromatic heterocycles. The first-order valence-electron chi connectivity index (χ1n) is 9.02. The van der Waals surface area contributed by atoms with E-state index in [-0.39, 0.29) is 23.9 Å². The monoisotopic (exact) mass is 307 g/mol. The van der Waals surface area contributed by atoms with Gasteiger partial charge in [0.15, 0.2) is 5.60 Å². The molecule has 0 aromatic carbocycles. The highest BCUT2D eigenvalue weighted by molar-refractivity contribution is 5.81. The summed E-state index contributed by atoms with van der Waals surface area (Å²) in [6.07, 6.45) is 13.3. The first kappa shape index (κ1) is 16.0. The van der Waals surface area contributed by atoms with Crippen molar-refractivity contribution in [2.45, 2.75) is 69.5 Å². The zero-order chi connectivity index (χ0) is 15.4. The summed E-state index contributed by atoms with van der Waals surface area (Å²) in [6.45, 7) is 1.61. The topological polar surface area (TPSA) is 58.6 Å². The van der Waals surface area contributed by atoms with Crippen LogP contribution in [0.1, 0.15) is 57.8 Å². The van der Waals surface area contributed by atoms with Crippen LogP contribution in [0, 0.1) is 11.8 Å². The molecule has 4 nitrogen and oxygen atoms in total. The van der Waals surface area contributed by atoms with Gasteiger partial charge in [0, 0.05) is 12.5 Å². The molecule has 0 radical (unpaired) electrons. The van der Waals surface area contributed by atoms with Crippen molar-refractivity contribution in [2.24, 2.45) is 11.8 Å². The number of esters is 1. The molecule has 1 saturated carbocycles. The molecule has 0 spiro atoms. The fourth-order valence-electron chi connectivity index (χ4n) is 4.32. The normalized spacial score (nSPS) is 32.6. The molecule has 1 heterocycles. The van der Waals surface area contributed by atoms with E-state index in [9.17, 15) is 9.90 Å². The van der Waals surface area contributed by atoms with Crippen molar-refractivity contribution >= 4 is 5.97 Å². The van der Waals surface area contributed by atoms with Crippen LogP contribution >= 0.6 is 0 Å². The molecule has 4 heteroatoms. The molecule has 22 heavy (non-hydrogen) atoms. The zero-order valence-corrected chi connectivity index (χ0v) is 13.4. The maximum atomic E-state index is 12.9. The Kier molecular flexibility index (Phi) is 5.19. The summed E-state index contributed by atoms with van der Waals surface area (Å²) in [6, 6.07) is 0. The SMILES string of the molecule is O=C(OC1CCNC1)C(O)(C1C=CCCC1)C1CCCCC1. The summed E-state index contributed by atoms with van der Waals surface area (Å²) >= 11 is 0. The minimum atomic E-state index is -1.32. The molecule has 3 atom stereocenters. The molecule has 2 N–H and O–H groups in total. The Balaban J connectivity index is 1.78. The third kappa shape index (κ3) is 3.23. The van der Waals surface area contributed by atoms with Crippen LogP contribution in [0.2, 0.25) is 0 Å². The second kappa shape index (κ2) is 7.14. The van der Waals surface area contributed by atoms with Gasteiger partial charge in [0.05, 0.1) is 0 Å².